The summed E-state index contributed by atoms with van der Waals surface area (Å²) in [5, 5.41) is 7.09. The Morgan fingerprint density at radius 2 is 1.77 bits per heavy atom. The maximum atomic E-state index is 12.6. The van der Waals surface area contributed by atoms with Gasteiger partial charge in [0.2, 0.25) is 11.9 Å². The molecule has 8 nitrogen and oxygen atoms in total. The highest BCUT2D eigenvalue weighted by atomic mass is 16.2. The number of nitrogens with zero attached hydrogens (tertiary/aromatic N) is 6. The van der Waals surface area contributed by atoms with E-state index in [0.717, 1.165) is 58.1 Å². The number of nitrogens with one attached hydrogen (secondary N) is 1. The Labute approximate surface area is 153 Å². The highest BCUT2D eigenvalue weighted by Crippen LogP contribution is 2.26. The molecule has 0 saturated carbocycles. The van der Waals surface area contributed by atoms with Gasteiger partial charge in [-0.15, -0.1) is 0 Å². The van der Waals surface area contributed by atoms with Gasteiger partial charge in [0.05, 0.1) is 6.54 Å². The molecule has 2 aliphatic rings. The van der Waals surface area contributed by atoms with Gasteiger partial charge in [0, 0.05) is 69.5 Å². The predicted molar refractivity (Wildman–Crippen MR) is 97.8 cm³/mol. The second kappa shape index (κ2) is 7.82. The number of amides is 1. The summed E-state index contributed by atoms with van der Waals surface area (Å²) in [7, 11) is 0. The number of aromatic amines is 1. The second-order valence-electron chi connectivity index (χ2n) is 6.98. The molecule has 1 N–H and O–H groups in total. The molecule has 2 fully saturated rings. The Bertz CT molecular complexity index is 690. The molecule has 0 unspecified atom stereocenters. The summed E-state index contributed by atoms with van der Waals surface area (Å²) in [4.78, 5) is 27.7. The largest absolute Gasteiger partial charge is 0.342 e. The first-order chi connectivity index (χ1) is 12.8. The van der Waals surface area contributed by atoms with E-state index in [-0.39, 0.29) is 5.91 Å². The van der Waals surface area contributed by atoms with E-state index in [4.69, 9.17) is 0 Å². The minimum absolute atomic E-state index is 0.248. The summed E-state index contributed by atoms with van der Waals surface area (Å²) in [5.74, 6) is 1.52. The molecule has 4 rings (SSSR count). The molecule has 2 aromatic rings. The summed E-state index contributed by atoms with van der Waals surface area (Å²) in [6.45, 7) is 5.64. The van der Waals surface area contributed by atoms with E-state index in [0.29, 0.717) is 12.5 Å². The molecule has 26 heavy (non-hydrogen) atoms. The van der Waals surface area contributed by atoms with E-state index >= 15 is 0 Å². The summed E-state index contributed by atoms with van der Waals surface area (Å²) >= 11 is 0. The van der Waals surface area contributed by atoms with E-state index in [9.17, 15) is 4.79 Å². The number of hydrogen-bond acceptors (Lipinski definition) is 6. The second-order valence-corrected chi connectivity index (χ2v) is 6.98. The van der Waals surface area contributed by atoms with Crippen LogP contribution in [-0.4, -0.2) is 81.7 Å². The SMILES string of the molecule is O=C(CN1CCN(c2ncccn2)CC1)N1CCC(c2ccn[nH]2)CC1. The van der Waals surface area contributed by atoms with E-state index in [1.807, 2.05) is 17.0 Å². The number of anilines is 1. The molecule has 0 aromatic carbocycles. The number of carbonyl (C=O) groups excluding carboxylic acids is 1. The van der Waals surface area contributed by atoms with Crippen LogP contribution in [0.2, 0.25) is 0 Å². The standard InChI is InChI=1S/C18H25N7O/c26-17(24-8-3-15(4-9-24)16-2-7-21-22-16)14-23-10-12-25(13-11-23)18-19-5-1-6-20-18/h1-2,5-7,15H,3-4,8-14H2,(H,21,22). The topological polar surface area (TPSA) is 81.2 Å². The van der Waals surface area contributed by atoms with Gasteiger partial charge in [-0.2, -0.15) is 5.10 Å². The van der Waals surface area contributed by atoms with Gasteiger partial charge < -0.3 is 9.80 Å². The molecular weight excluding hydrogens is 330 g/mol. The normalized spacial score (nSPS) is 19.7. The quantitative estimate of drug-likeness (QED) is 0.871. The number of carbonyl (C=O) groups is 1. The van der Waals surface area contributed by atoms with E-state index in [1.165, 1.54) is 5.69 Å². The highest BCUT2D eigenvalue weighted by Gasteiger charge is 2.27. The van der Waals surface area contributed by atoms with Crippen LogP contribution in [-0.2, 0) is 4.79 Å². The van der Waals surface area contributed by atoms with Crippen LogP contribution in [0.5, 0.6) is 0 Å². The number of rotatable bonds is 4. The average molecular weight is 355 g/mol. The summed E-state index contributed by atoms with van der Waals surface area (Å²) in [5.41, 5.74) is 1.19. The smallest absolute Gasteiger partial charge is 0.236 e. The molecule has 0 atom stereocenters. The molecule has 0 radical (unpaired) electrons. The van der Waals surface area contributed by atoms with Crippen LogP contribution in [0, 0.1) is 0 Å². The van der Waals surface area contributed by atoms with Crippen LogP contribution in [0.1, 0.15) is 24.5 Å². The van der Waals surface area contributed by atoms with Crippen molar-refractivity contribution in [3.05, 3.63) is 36.4 Å². The number of H-pyrrole nitrogens is 1. The summed E-state index contributed by atoms with van der Waals surface area (Å²) < 4.78 is 0. The van der Waals surface area contributed by atoms with Gasteiger partial charge in [0.1, 0.15) is 0 Å². The van der Waals surface area contributed by atoms with Crippen LogP contribution >= 0.6 is 0 Å². The minimum atomic E-state index is 0.248. The zero-order chi connectivity index (χ0) is 17.8. The van der Waals surface area contributed by atoms with Crippen LogP contribution in [0.4, 0.5) is 5.95 Å². The number of piperidine rings is 1. The number of piperazine rings is 1. The fourth-order valence-corrected chi connectivity index (χ4v) is 3.79. The summed E-state index contributed by atoms with van der Waals surface area (Å²) in [6.07, 6.45) is 7.35. The van der Waals surface area contributed by atoms with Gasteiger partial charge in [-0.1, -0.05) is 0 Å². The molecule has 0 bridgehead atoms. The van der Waals surface area contributed by atoms with Crippen molar-refractivity contribution < 1.29 is 4.79 Å². The molecule has 4 heterocycles. The number of hydrogen-bond donors (Lipinski definition) is 1. The Kier molecular flexibility index (Phi) is 5.10. The molecule has 2 aliphatic heterocycles. The van der Waals surface area contributed by atoms with Crippen LogP contribution in [0.15, 0.2) is 30.7 Å². The third-order valence-electron chi connectivity index (χ3n) is 5.38. The number of likely N-dealkylation sites (tertiary alicyclic amines) is 1. The third-order valence-corrected chi connectivity index (χ3v) is 5.38. The first kappa shape index (κ1) is 17.0. The molecule has 2 aromatic heterocycles. The van der Waals surface area contributed by atoms with Crippen LogP contribution in [0.3, 0.4) is 0 Å². The Morgan fingerprint density at radius 3 is 2.42 bits per heavy atom. The van der Waals surface area contributed by atoms with Gasteiger partial charge in [-0.25, -0.2) is 9.97 Å². The van der Waals surface area contributed by atoms with E-state index < -0.39 is 0 Å². The van der Waals surface area contributed by atoms with Crippen molar-refractivity contribution >= 4 is 11.9 Å². The van der Waals surface area contributed by atoms with Crippen LogP contribution < -0.4 is 4.90 Å². The first-order valence-corrected chi connectivity index (χ1v) is 9.31. The maximum absolute atomic E-state index is 12.6. The molecule has 2 saturated heterocycles. The van der Waals surface area contributed by atoms with E-state index in [2.05, 4.69) is 30.0 Å². The van der Waals surface area contributed by atoms with Gasteiger partial charge in [-0.3, -0.25) is 14.8 Å². The molecule has 0 aliphatic carbocycles. The van der Waals surface area contributed by atoms with Crippen LogP contribution in [0.25, 0.3) is 0 Å². The van der Waals surface area contributed by atoms with Crippen molar-refractivity contribution in [1.29, 1.82) is 0 Å². The van der Waals surface area contributed by atoms with Crippen molar-refractivity contribution in [3.63, 3.8) is 0 Å². The maximum Gasteiger partial charge on any atom is 0.236 e. The van der Waals surface area contributed by atoms with Gasteiger partial charge in [0.15, 0.2) is 0 Å². The van der Waals surface area contributed by atoms with Gasteiger partial charge >= 0.3 is 0 Å². The van der Waals surface area contributed by atoms with Crippen molar-refractivity contribution in [2.24, 2.45) is 0 Å². The summed E-state index contributed by atoms with van der Waals surface area (Å²) in [6, 6.07) is 3.87. The Morgan fingerprint density at radius 1 is 1.04 bits per heavy atom. The molecular formula is C18H25N7O. The van der Waals surface area contributed by atoms with E-state index in [1.54, 1.807) is 18.6 Å². The van der Waals surface area contributed by atoms with Crippen molar-refractivity contribution in [2.75, 3.05) is 50.7 Å². The third kappa shape index (κ3) is 3.85. The molecule has 0 spiro atoms. The fourth-order valence-electron chi connectivity index (χ4n) is 3.79. The average Bonchev–Trinajstić information content (AvgIpc) is 3.24. The zero-order valence-corrected chi connectivity index (χ0v) is 14.9. The highest BCUT2D eigenvalue weighted by molar-refractivity contribution is 5.78. The molecule has 8 heteroatoms. The zero-order valence-electron chi connectivity index (χ0n) is 14.9. The van der Waals surface area contributed by atoms with Crippen molar-refractivity contribution in [2.45, 2.75) is 18.8 Å². The minimum Gasteiger partial charge on any atom is -0.342 e. The predicted octanol–water partition coefficient (Wildman–Crippen LogP) is 0.728. The first-order valence-electron chi connectivity index (χ1n) is 9.31. The van der Waals surface area contributed by atoms with Crippen molar-refractivity contribution in [1.82, 2.24) is 30.0 Å². The molecule has 1 amide bonds. The lowest BCUT2D eigenvalue weighted by molar-refractivity contribution is -0.133. The van der Waals surface area contributed by atoms with Gasteiger partial charge in [0.25, 0.3) is 0 Å². The number of aromatic nitrogens is 4. The molecule has 138 valence electrons. The Balaban J connectivity index is 1.22. The fraction of sp³-hybridized carbons (Fsp3) is 0.556. The van der Waals surface area contributed by atoms with Crippen molar-refractivity contribution in [3.8, 4) is 0 Å². The lowest BCUT2D eigenvalue weighted by Gasteiger charge is -2.36. The monoisotopic (exact) mass is 355 g/mol. The lowest BCUT2D eigenvalue weighted by atomic mass is 9.93. The lowest BCUT2D eigenvalue weighted by Crippen LogP contribution is -2.51. The Hall–Kier alpha value is -2.48. The van der Waals surface area contributed by atoms with Gasteiger partial charge in [-0.05, 0) is 25.0 Å².